The van der Waals surface area contributed by atoms with Gasteiger partial charge in [0.2, 0.25) is 0 Å². The number of aromatic hydroxyl groups is 1. The largest absolute Gasteiger partial charge is 0.508 e. The summed E-state index contributed by atoms with van der Waals surface area (Å²) in [6.45, 7) is 0. The van der Waals surface area contributed by atoms with E-state index in [0.717, 1.165) is 22.8 Å². The molecule has 0 saturated carbocycles. The van der Waals surface area contributed by atoms with Gasteiger partial charge in [-0.2, -0.15) is 0 Å². The van der Waals surface area contributed by atoms with E-state index in [-0.39, 0.29) is 5.75 Å². The van der Waals surface area contributed by atoms with Crippen LogP contribution in [0.4, 0.5) is 11.5 Å². The number of hydrogen-bond donors (Lipinski definition) is 2. The van der Waals surface area contributed by atoms with Crippen molar-refractivity contribution in [2.45, 2.75) is 5.16 Å². The molecule has 0 saturated heterocycles. The lowest BCUT2D eigenvalue weighted by atomic mass is 10.1. The first-order valence-corrected chi connectivity index (χ1v) is 8.01. The Morgan fingerprint density at radius 1 is 0.955 bits per heavy atom. The highest BCUT2D eigenvalue weighted by atomic mass is 32.2. The summed E-state index contributed by atoms with van der Waals surface area (Å²) >= 11 is 1.50. The second-order valence-electron chi connectivity index (χ2n) is 4.66. The zero-order chi connectivity index (χ0) is 15.4. The monoisotopic (exact) mass is 309 g/mol. The predicted molar refractivity (Wildman–Crippen MR) is 90.6 cm³/mol. The van der Waals surface area contributed by atoms with E-state index >= 15 is 0 Å². The molecule has 2 aromatic carbocycles. The molecular weight excluding hydrogens is 294 g/mol. The minimum absolute atomic E-state index is 0.239. The number of nitrogens with one attached hydrogen (secondary N) is 1. The van der Waals surface area contributed by atoms with Gasteiger partial charge in [0.05, 0.1) is 5.69 Å². The van der Waals surface area contributed by atoms with E-state index in [1.807, 2.05) is 42.7 Å². The third-order valence-corrected chi connectivity index (χ3v) is 3.65. The van der Waals surface area contributed by atoms with Crippen LogP contribution in [-0.4, -0.2) is 21.3 Å². The number of rotatable bonds is 4. The molecule has 1 aromatic heterocycles. The topological polar surface area (TPSA) is 58.0 Å². The number of thioether (sulfide) groups is 1. The van der Waals surface area contributed by atoms with Crippen LogP contribution in [-0.2, 0) is 0 Å². The molecule has 0 bridgehead atoms. The molecule has 0 radical (unpaired) electrons. The van der Waals surface area contributed by atoms with Crippen molar-refractivity contribution >= 4 is 23.3 Å². The number of phenols is 1. The molecule has 0 fully saturated rings. The van der Waals surface area contributed by atoms with Crippen molar-refractivity contribution in [1.82, 2.24) is 9.97 Å². The number of phenolic OH excluding ortho intramolecular Hbond substituents is 1. The highest BCUT2D eigenvalue weighted by Crippen LogP contribution is 2.25. The van der Waals surface area contributed by atoms with Crippen LogP contribution in [0.3, 0.4) is 0 Å². The maximum atomic E-state index is 9.34. The Morgan fingerprint density at radius 2 is 1.68 bits per heavy atom. The Kier molecular flexibility index (Phi) is 4.25. The van der Waals surface area contributed by atoms with Gasteiger partial charge in [-0.05, 0) is 30.5 Å². The first kappa shape index (κ1) is 14.4. The quantitative estimate of drug-likeness (QED) is 0.427. The molecule has 2 N–H and O–H groups in total. The van der Waals surface area contributed by atoms with Gasteiger partial charge in [-0.3, -0.25) is 0 Å². The van der Waals surface area contributed by atoms with Crippen molar-refractivity contribution < 1.29 is 5.11 Å². The van der Waals surface area contributed by atoms with E-state index in [4.69, 9.17) is 0 Å². The van der Waals surface area contributed by atoms with E-state index in [9.17, 15) is 5.11 Å². The fourth-order valence-electron chi connectivity index (χ4n) is 2.03. The lowest BCUT2D eigenvalue weighted by molar-refractivity contribution is 0.475. The standard InChI is InChI=1S/C17H15N3OS/c1-22-17-19-15(12-5-3-2-4-6-12)11-16(20-17)18-13-7-9-14(21)10-8-13/h2-11,21H,1H3,(H,18,19,20). The lowest BCUT2D eigenvalue weighted by Crippen LogP contribution is -1.98. The van der Waals surface area contributed by atoms with Gasteiger partial charge in [0.25, 0.3) is 0 Å². The minimum Gasteiger partial charge on any atom is -0.508 e. The van der Waals surface area contributed by atoms with Crippen LogP contribution < -0.4 is 5.32 Å². The second kappa shape index (κ2) is 6.49. The van der Waals surface area contributed by atoms with Crippen LogP contribution in [0.5, 0.6) is 5.75 Å². The minimum atomic E-state index is 0.239. The van der Waals surface area contributed by atoms with Gasteiger partial charge in [-0.15, -0.1) is 0 Å². The highest BCUT2D eigenvalue weighted by Gasteiger charge is 2.06. The average Bonchev–Trinajstić information content (AvgIpc) is 2.57. The fraction of sp³-hybridized carbons (Fsp3) is 0.0588. The van der Waals surface area contributed by atoms with Crippen LogP contribution in [0.15, 0.2) is 65.8 Å². The molecule has 0 aliphatic heterocycles. The molecular formula is C17H15N3OS. The molecule has 3 aromatic rings. The molecule has 0 aliphatic carbocycles. The summed E-state index contributed by atoms with van der Waals surface area (Å²) in [5.41, 5.74) is 2.79. The van der Waals surface area contributed by atoms with Crippen molar-refractivity contribution in [2.24, 2.45) is 0 Å². The third kappa shape index (κ3) is 3.38. The summed E-state index contributed by atoms with van der Waals surface area (Å²) in [7, 11) is 0. The van der Waals surface area contributed by atoms with Gasteiger partial charge < -0.3 is 10.4 Å². The number of nitrogens with zero attached hydrogens (tertiary/aromatic N) is 2. The number of anilines is 2. The van der Waals surface area contributed by atoms with Crippen molar-refractivity contribution in [3.05, 3.63) is 60.7 Å². The normalized spacial score (nSPS) is 10.4. The van der Waals surface area contributed by atoms with Crippen LogP contribution in [0, 0.1) is 0 Å². The van der Waals surface area contributed by atoms with Crippen molar-refractivity contribution in [2.75, 3.05) is 11.6 Å². The maximum Gasteiger partial charge on any atom is 0.189 e. The molecule has 22 heavy (non-hydrogen) atoms. The van der Waals surface area contributed by atoms with E-state index in [0.29, 0.717) is 5.16 Å². The Balaban J connectivity index is 1.95. The Labute approximate surface area is 133 Å². The van der Waals surface area contributed by atoms with Gasteiger partial charge in [0, 0.05) is 17.3 Å². The lowest BCUT2D eigenvalue weighted by Gasteiger charge is -2.09. The smallest absolute Gasteiger partial charge is 0.189 e. The van der Waals surface area contributed by atoms with Gasteiger partial charge in [0.1, 0.15) is 11.6 Å². The zero-order valence-corrected chi connectivity index (χ0v) is 12.8. The number of hydrogen-bond acceptors (Lipinski definition) is 5. The van der Waals surface area contributed by atoms with Crippen LogP contribution in [0.25, 0.3) is 11.3 Å². The molecule has 0 spiro atoms. The van der Waals surface area contributed by atoms with Crippen molar-refractivity contribution in [3.8, 4) is 17.0 Å². The Hall–Kier alpha value is -2.53. The summed E-state index contributed by atoms with van der Waals surface area (Å²) in [5.74, 6) is 0.965. The molecule has 0 amide bonds. The van der Waals surface area contributed by atoms with E-state index < -0.39 is 0 Å². The number of benzene rings is 2. The van der Waals surface area contributed by atoms with Gasteiger partial charge >= 0.3 is 0 Å². The fourth-order valence-corrected chi connectivity index (χ4v) is 2.41. The molecule has 4 nitrogen and oxygen atoms in total. The van der Waals surface area contributed by atoms with Gasteiger partial charge in [-0.25, -0.2) is 9.97 Å². The summed E-state index contributed by atoms with van der Waals surface area (Å²) in [6.07, 6.45) is 1.95. The maximum absolute atomic E-state index is 9.34. The van der Waals surface area contributed by atoms with E-state index in [2.05, 4.69) is 15.3 Å². The third-order valence-electron chi connectivity index (χ3n) is 3.10. The molecule has 0 atom stereocenters. The van der Waals surface area contributed by atoms with Gasteiger partial charge in [0.15, 0.2) is 5.16 Å². The Bertz CT molecular complexity index is 761. The molecule has 1 heterocycles. The second-order valence-corrected chi connectivity index (χ2v) is 5.44. The number of aromatic nitrogens is 2. The van der Waals surface area contributed by atoms with E-state index in [1.54, 1.807) is 24.3 Å². The average molecular weight is 309 g/mol. The zero-order valence-electron chi connectivity index (χ0n) is 12.0. The summed E-state index contributed by atoms with van der Waals surface area (Å²) in [5, 5.41) is 13.3. The SMILES string of the molecule is CSc1nc(Nc2ccc(O)cc2)cc(-c2ccccc2)n1. The first-order valence-electron chi connectivity index (χ1n) is 6.79. The van der Waals surface area contributed by atoms with Crippen LogP contribution in [0.1, 0.15) is 0 Å². The molecule has 5 heteroatoms. The van der Waals surface area contributed by atoms with Gasteiger partial charge in [-0.1, -0.05) is 42.1 Å². The van der Waals surface area contributed by atoms with Crippen LogP contribution >= 0.6 is 11.8 Å². The van der Waals surface area contributed by atoms with E-state index in [1.165, 1.54) is 11.8 Å². The Morgan fingerprint density at radius 3 is 2.36 bits per heavy atom. The molecule has 0 unspecified atom stereocenters. The molecule has 110 valence electrons. The first-order chi connectivity index (χ1) is 10.7. The summed E-state index contributed by atoms with van der Waals surface area (Å²) < 4.78 is 0. The summed E-state index contributed by atoms with van der Waals surface area (Å²) in [4.78, 5) is 9.02. The predicted octanol–water partition coefficient (Wildman–Crippen LogP) is 4.31. The molecule has 0 aliphatic rings. The van der Waals surface area contributed by atoms with Crippen molar-refractivity contribution in [1.29, 1.82) is 0 Å². The van der Waals surface area contributed by atoms with Crippen LogP contribution in [0.2, 0.25) is 0 Å². The summed E-state index contributed by atoms with van der Waals surface area (Å²) in [6, 6.07) is 18.8. The molecule has 3 rings (SSSR count). The highest BCUT2D eigenvalue weighted by molar-refractivity contribution is 7.98. The van der Waals surface area contributed by atoms with Crippen molar-refractivity contribution in [3.63, 3.8) is 0 Å².